The van der Waals surface area contributed by atoms with Crippen molar-refractivity contribution in [2.24, 2.45) is 0 Å². The second-order valence-electron chi connectivity index (χ2n) is 4.59. The largest absolute Gasteiger partial charge is 0.398 e. The van der Waals surface area contributed by atoms with Gasteiger partial charge < -0.3 is 11.1 Å². The Kier molecular flexibility index (Phi) is 3.70. The number of nitrogens with two attached hydrogens (primary N) is 1. The third-order valence-corrected chi connectivity index (χ3v) is 3.08. The normalized spacial score (nSPS) is 10.4. The number of nitrogen functional groups attached to an aromatic ring is 1. The number of halogens is 2. The topological polar surface area (TPSA) is 55.1 Å². The van der Waals surface area contributed by atoms with Gasteiger partial charge in [-0.25, -0.2) is 8.78 Å². The zero-order valence-electron chi connectivity index (χ0n) is 11.1. The SMILES string of the molecule is Cc1ccc(NC(=O)c2cc(N)c(C)c(F)c2)cc1F. The van der Waals surface area contributed by atoms with Gasteiger partial charge in [0.2, 0.25) is 0 Å². The first kappa shape index (κ1) is 14.0. The summed E-state index contributed by atoms with van der Waals surface area (Å²) in [5.74, 6) is -1.51. The minimum atomic E-state index is -0.551. The summed E-state index contributed by atoms with van der Waals surface area (Å²) < 4.78 is 26.9. The number of hydrogen-bond donors (Lipinski definition) is 2. The molecule has 3 N–H and O–H groups in total. The smallest absolute Gasteiger partial charge is 0.255 e. The number of hydrogen-bond acceptors (Lipinski definition) is 2. The summed E-state index contributed by atoms with van der Waals surface area (Å²) in [5, 5.41) is 2.50. The van der Waals surface area contributed by atoms with E-state index in [1.165, 1.54) is 19.1 Å². The van der Waals surface area contributed by atoms with Crippen LogP contribution in [0.5, 0.6) is 0 Å². The van der Waals surface area contributed by atoms with Crippen LogP contribution in [0.1, 0.15) is 21.5 Å². The molecule has 0 heterocycles. The molecule has 104 valence electrons. The van der Waals surface area contributed by atoms with E-state index in [4.69, 9.17) is 5.73 Å². The van der Waals surface area contributed by atoms with Gasteiger partial charge in [0.1, 0.15) is 11.6 Å². The first-order valence-corrected chi connectivity index (χ1v) is 6.01. The summed E-state index contributed by atoms with van der Waals surface area (Å²) in [7, 11) is 0. The standard InChI is InChI=1S/C15H14F2N2O/c1-8-3-4-11(7-12(8)16)19-15(20)10-5-13(17)9(2)14(18)6-10/h3-7H,18H2,1-2H3,(H,19,20). The lowest BCUT2D eigenvalue weighted by Gasteiger charge is -2.09. The van der Waals surface area contributed by atoms with Crippen molar-refractivity contribution >= 4 is 17.3 Å². The third-order valence-electron chi connectivity index (χ3n) is 3.08. The summed E-state index contributed by atoms with van der Waals surface area (Å²) in [6.07, 6.45) is 0. The predicted molar refractivity (Wildman–Crippen MR) is 74.6 cm³/mol. The molecule has 0 spiro atoms. The number of anilines is 2. The van der Waals surface area contributed by atoms with Gasteiger partial charge in [0.05, 0.1) is 0 Å². The predicted octanol–water partition coefficient (Wildman–Crippen LogP) is 3.42. The van der Waals surface area contributed by atoms with Gasteiger partial charge in [-0.15, -0.1) is 0 Å². The van der Waals surface area contributed by atoms with Crippen LogP contribution >= 0.6 is 0 Å². The molecule has 0 saturated heterocycles. The molecule has 0 aliphatic rings. The molecule has 0 aliphatic carbocycles. The summed E-state index contributed by atoms with van der Waals surface area (Å²) in [4.78, 5) is 12.0. The molecule has 0 radical (unpaired) electrons. The molecule has 5 heteroatoms. The number of carbonyl (C=O) groups is 1. The number of benzene rings is 2. The van der Waals surface area contributed by atoms with Crippen LogP contribution in [0, 0.1) is 25.5 Å². The van der Waals surface area contributed by atoms with Crippen molar-refractivity contribution in [1.29, 1.82) is 0 Å². The third kappa shape index (κ3) is 2.77. The van der Waals surface area contributed by atoms with E-state index in [1.807, 2.05) is 0 Å². The van der Waals surface area contributed by atoms with Gasteiger partial charge in [-0.2, -0.15) is 0 Å². The Labute approximate surface area is 115 Å². The molecule has 0 fully saturated rings. The van der Waals surface area contributed by atoms with E-state index in [1.54, 1.807) is 19.1 Å². The van der Waals surface area contributed by atoms with Crippen molar-refractivity contribution in [3.05, 3.63) is 58.7 Å². The summed E-state index contributed by atoms with van der Waals surface area (Å²) in [6.45, 7) is 3.15. The zero-order valence-corrected chi connectivity index (χ0v) is 11.1. The van der Waals surface area contributed by atoms with Crippen LogP contribution in [-0.4, -0.2) is 5.91 Å². The average molecular weight is 276 g/mol. The highest BCUT2D eigenvalue weighted by atomic mass is 19.1. The van der Waals surface area contributed by atoms with E-state index in [-0.39, 0.29) is 11.3 Å². The number of nitrogens with one attached hydrogen (secondary N) is 1. The fourth-order valence-corrected chi connectivity index (χ4v) is 1.71. The Bertz CT molecular complexity index is 661. The van der Waals surface area contributed by atoms with Crippen LogP contribution in [-0.2, 0) is 0 Å². The Morgan fingerprint density at radius 3 is 2.40 bits per heavy atom. The number of rotatable bonds is 2. The van der Waals surface area contributed by atoms with E-state index in [0.717, 1.165) is 6.07 Å². The quantitative estimate of drug-likeness (QED) is 0.826. The summed E-state index contributed by atoms with van der Waals surface area (Å²) in [6, 6.07) is 6.82. The molecule has 0 unspecified atom stereocenters. The number of amides is 1. The Balaban J connectivity index is 2.26. The van der Waals surface area contributed by atoms with Gasteiger partial charge in [0.25, 0.3) is 5.91 Å². The van der Waals surface area contributed by atoms with Crippen LogP contribution in [0.25, 0.3) is 0 Å². The fourth-order valence-electron chi connectivity index (χ4n) is 1.71. The fraction of sp³-hybridized carbons (Fsp3) is 0.133. The van der Waals surface area contributed by atoms with Gasteiger partial charge in [-0.1, -0.05) is 6.07 Å². The number of aryl methyl sites for hydroxylation is 1. The van der Waals surface area contributed by atoms with Crippen molar-refractivity contribution in [3.8, 4) is 0 Å². The summed E-state index contributed by atoms with van der Waals surface area (Å²) in [5.41, 5.74) is 6.98. The number of carbonyl (C=O) groups excluding carboxylic acids is 1. The van der Waals surface area contributed by atoms with Gasteiger partial charge in [0, 0.05) is 22.5 Å². The molecule has 3 nitrogen and oxygen atoms in total. The maximum atomic E-state index is 13.5. The van der Waals surface area contributed by atoms with E-state index in [2.05, 4.69) is 5.32 Å². The molecule has 0 saturated carbocycles. The minimum absolute atomic E-state index is 0.0894. The van der Waals surface area contributed by atoms with Crippen molar-refractivity contribution in [1.82, 2.24) is 0 Å². The molecule has 2 aromatic carbocycles. The van der Waals surface area contributed by atoms with Crippen LogP contribution < -0.4 is 11.1 Å². The Morgan fingerprint density at radius 2 is 1.80 bits per heavy atom. The van der Waals surface area contributed by atoms with E-state index >= 15 is 0 Å². The van der Waals surface area contributed by atoms with Crippen LogP contribution in [0.3, 0.4) is 0 Å². The highest BCUT2D eigenvalue weighted by Gasteiger charge is 2.12. The van der Waals surface area contributed by atoms with E-state index in [9.17, 15) is 13.6 Å². The first-order valence-electron chi connectivity index (χ1n) is 6.01. The maximum absolute atomic E-state index is 13.5. The monoisotopic (exact) mass is 276 g/mol. The van der Waals surface area contributed by atoms with Crippen LogP contribution in [0.15, 0.2) is 30.3 Å². The lowest BCUT2D eigenvalue weighted by molar-refractivity contribution is 0.102. The molecular weight excluding hydrogens is 262 g/mol. The Hall–Kier alpha value is -2.43. The molecule has 1 amide bonds. The molecule has 2 aromatic rings. The van der Waals surface area contributed by atoms with Gasteiger partial charge >= 0.3 is 0 Å². The second-order valence-corrected chi connectivity index (χ2v) is 4.59. The van der Waals surface area contributed by atoms with Crippen molar-refractivity contribution in [3.63, 3.8) is 0 Å². The molecule has 0 atom stereocenters. The molecule has 0 bridgehead atoms. The lowest BCUT2D eigenvalue weighted by atomic mass is 10.1. The van der Waals surface area contributed by atoms with E-state index < -0.39 is 17.5 Å². The highest BCUT2D eigenvalue weighted by Crippen LogP contribution is 2.19. The van der Waals surface area contributed by atoms with Gasteiger partial charge in [0.15, 0.2) is 0 Å². The maximum Gasteiger partial charge on any atom is 0.255 e. The molecule has 0 aliphatic heterocycles. The molecular formula is C15H14F2N2O. The first-order chi connectivity index (χ1) is 9.38. The van der Waals surface area contributed by atoms with Crippen molar-refractivity contribution in [2.45, 2.75) is 13.8 Å². The van der Waals surface area contributed by atoms with Crippen LogP contribution in [0.4, 0.5) is 20.2 Å². The van der Waals surface area contributed by atoms with Crippen LogP contribution in [0.2, 0.25) is 0 Å². The average Bonchev–Trinajstić information content (AvgIpc) is 2.39. The highest BCUT2D eigenvalue weighted by molar-refractivity contribution is 6.04. The zero-order chi connectivity index (χ0) is 14.9. The molecule has 2 rings (SSSR count). The second kappa shape index (κ2) is 5.28. The van der Waals surface area contributed by atoms with Crippen molar-refractivity contribution in [2.75, 3.05) is 11.1 Å². The molecule has 0 aromatic heterocycles. The lowest BCUT2D eigenvalue weighted by Crippen LogP contribution is -2.13. The minimum Gasteiger partial charge on any atom is -0.398 e. The van der Waals surface area contributed by atoms with Crippen molar-refractivity contribution < 1.29 is 13.6 Å². The Morgan fingerprint density at radius 1 is 1.10 bits per heavy atom. The van der Waals surface area contributed by atoms with E-state index in [0.29, 0.717) is 16.8 Å². The van der Waals surface area contributed by atoms with Gasteiger partial charge in [-0.3, -0.25) is 4.79 Å². The summed E-state index contributed by atoms with van der Waals surface area (Å²) >= 11 is 0. The van der Waals surface area contributed by atoms with Gasteiger partial charge in [-0.05, 0) is 43.7 Å². The molecule has 20 heavy (non-hydrogen) atoms.